The smallest absolute Gasteiger partial charge is 0.340 e. The van der Waals surface area contributed by atoms with E-state index in [1.54, 1.807) is 30.3 Å². The van der Waals surface area contributed by atoms with Crippen molar-refractivity contribution in [2.24, 2.45) is 5.73 Å². The van der Waals surface area contributed by atoms with E-state index in [1.807, 2.05) is 6.92 Å². The molecule has 2 aliphatic rings. The minimum Gasteiger partial charge on any atom is -0.490 e. The lowest BCUT2D eigenvalue weighted by molar-refractivity contribution is -0.136. The molecule has 1 aliphatic heterocycles. The molecule has 0 unspecified atom stereocenters. The fourth-order valence-corrected chi connectivity index (χ4v) is 5.10. The molecular formula is C26H25FINO6. The highest BCUT2D eigenvalue weighted by Gasteiger charge is 2.41. The molecule has 2 N–H and O–H groups in total. The Balaban J connectivity index is 1.80. The Morgan fingerprint density at radius 2 is 2.00 bits per heavy atom. The minimum absolute atomic E-state index is 0.00735. The van der Waals surface area contributed by atoms with E-state index in [0.29, 0.717) is 63.4 Å². The number of ether oxygens (including phenoxy) is 4. The first-order chi connectivity index (χ1) is 16.8. The number of rotatable bonds is 7. The highest BCUT2D eigenvalue weighted by molar-refractivity contribution is 14.1. The molecule has 1 atom stereocenters. The predicted octanol–water partition coefficient (Wildman–Crippen LogP) is 4.87. The van der Waals surface area contributed by atoms with Crippen LogP contribution in [0.4, 0.5) is 4.39 Å². The Labute approximate surface area is 216 Å². The zero-order valence-electron chi connectivity index (χ0n) is 19.4. The third kappa shape index (κ3) is 5.00. The first-order valence-electron chi connectivity index (χ1n) is 11.2. The first kappa shape index (κ1) is 25.0. The van der Waals surface area contributed by atoms with E-state index in [2.05, 4.69) is 22.6 Å². The number of carbonyl (C=O) groups is 2. The monoisotopic (exact) mass is 593 g/mol. The standard InChI is InChI=1S/C26H25FINO6/c1-3-33-20-12-15(11-17(28)24(20)34-13-14-7-4-5-8-16(14)27)21-22-18(30)9-6-10-19(22)35-25(29)23(21)26(31)32-2/h4-5,7-8,11-12,21H,3,6,9-10,13,29H2,1-2H3/t21-/m1/s1. The number of Topliss-reactive ketones (excluding diaryl/α,β-unsaturated/α-hetero) is 1. The van der Waals surface area contributed by atoms with Gasteiger partial charge in [-0.2, -0.15) is 0 Å². The molecule has 9 heteroatoms. The van der Waals surface area contributed by atoms with Crippen molar-refractivity contribution in [2.45, 2.75) is 38.7 Å². The quantitative estimate of drug-likeness (QED) is 0.362. The van der Waals surface area contributed by atoms with Crippen molar-refractivity contribution in [2.75, 3.05) is 13.7 Å². The van der Waals surface area contributed by atoms with Gasteiger partial charge in [0.1, 0.15) is 23.8 Å². The van der Waals surface area contributed by atoms with Crippen LogP contribution in [0.2, 0.25) is 0 Å². The molecule has 0 saturated carbocycles. The average Bonchev–Trinajstić information content (AvgIpc) is 2.83. The maximum absolute atomic E-state index is 14.1. The van der Waals surface area contributed by atoms with Crippen molar-refractivity contribution in [1.82, 2.24) is 0 Å². The fourth-order valence-electron chi connectivity index (χ4n) is 4.32. The number of carbonyl (C=O) groups excluding carboxylic acids is 2. The Morgan fingerprint density at radius 3 is 2.71 bits per heavy atom. The number of esters is 1. The van der Waals surface area contributed by atoms with Gasteiger partial charge < -0.3 is 24.7 Å². The maximum Gasteiger partial charge on any atom is 0.340 e. The lowest BCUT2D eigenvalue weighted by Gasteiger charge is -2.32. The van der Waals surface area contributed by atoms with Crippen LogP contribution in [0.25, 0.3) is 0 Å². The molecule has 0 amide bonds. The third-order valence-corrected chi connectivity index (χ3v) is 6.69. The Kier molecular flexibility index (Phi) is 7.63. The largest absolute Gasteiger partial charge is 0.490 e. The van der Waals surface area contributed by atoms with E-state index < -0.39 is 11.9 Å². The van der Waals surface area contributed by atoms with Gasteiger partial charge in [-0.15, -0.1) is 0 Å². The van der Waals surface area contributed by atoms with E-state index in [1.165, 1.54) is 13.2 Å². The summed E-state index contributed by atoms with van der Waals surface area (Å²) in [6, 6.07) is 9.91. The number of nitrogens with two attached hydrogens (primary N) is 1. The van der Waals surface area contributed by atoms with Crippen molar-refractivity contribution in [1.29, 1.82) is 0 Å². The highest BCUT2D eigenvalue weighted by Crippen LogP contribution is 2.46. The summed E-state index contributed by atoms with van der Waals surface area (Å²) >= 11 is 2.10. The molecule has 0 aromatic heterocycles. The van der Waals surface area contributed by atoms with Crippen LogP contribution in [0.5, 0.6) is 11.5 Å². The maximum atomic E-state index is 14.1. The van der Waals surface area contributed by atoms with Crippen LogP contribution in [-0.4, -0.2) is 25.5 Å². The van der Waals surface area contributed by atoms with Crippen LogP contribution >= 0.6 is 22.6 Å². The number of ketones is 1. The molecule has 0 spiro atoms. The van der Waals surface area contributed by atoms with Gasteiger partial charge in [0.15, 0.2) is 17.3 Å². The van der Waals surface area contributed by atoms with Gasteiger partial charge in [-0.1, -0.05) is 18.2 Å². The van der Waals surface area contributed by atoms with Crippen molar-refractivity contribution < 1.29 is 32.9 Å². The first-order valence-corrected chi connectivity index (χ1v) is 12.3. The Bertz CT molecular complexity index is 1240. The van der Waals surface area contributed by atoms with Crippen LogP contribution in [-0.2, 0) is 25.7 Å². The van der Waals surface area contributed by atoms with Gasteiger partial charge in [-0.05, 0) is 59.7 Å². The van der Waals surface area contributed by atoms with Crippen molar-refractivity contribution in [3.05, 3.63) is 79.7 Å². The Hall–Kier alpha value is -3.08. The summed E-state index contributed by atoms with van der Waals surface area (Å²) in [5.41, 5.74) is 7.64. The fraction of sp³-hybridized carbons (Fsp3) is 0.308. The number of benzene rings is 2. The molecule has 0 fully saturated rings. The lowest BCUT2D eigenvalue weighted by atomic mass is 9.77. The normalized spacial score (nSPS) is 17.6. The second kappa shape index (κ2) is 10.7. The summed E-state index contributed by atoms with van der Waals surface area (Å²) in [5.74, 6) is -0.668. The molecule has 0 saturated heterocycles. The minimum atomic E-state index is -0.771. The summed E-state index contributed by atoms with van der Waals surface area (Å²) in [4.78, 5) is 25.7. The van der Waals surface area contributed by atoms with E-state index >= 15 is 0 Å². The summed E-state index contributed by atoms with van der Waals surface area (Å²) in [7, 11) is 1.25. The molecule has 2 aromatic rings. The van der Waals surface area contributed by atoms with Gasteiger partial charge >= 0.3 is 5.97 Å². The Morgan fingerprint density at radius 1 is 1.23 bits per heavy atom. The van der Waals surface area contributed by atoms with Crippen LogP contribution < -0.4 is 15.2 Å². The summed E-state index contributed by atoms with van der Waals surface area (Å²) in [6.45, 7) is 2.18. The molecule has 7 nitrogen and oxygen atoms in total. The number of hydrogen-bond donors (Lipinski definition) is 1. The topological polar surface area (TPSA) is 97.1 Å². The van der Waals surface area contributed by atoms with Gasteiger partial charge in [0.05, 0.1) is 23.2 Å². The van der Waals surface area contributed by atoms with E-state index in [-0.39, 0.29) is 29.7 Å². The van der Waals surface area contributed by atoms with Gasteiger partial charge in [-0.25, -0.2) is 9.18 Å². The SMILES string of the molecule is CCOc1cc([C@H]2C(C(=O)OC)=C(N)OC3=C2C(=O)CCC3)cc(I)c1OCc1ccccc1F. The van der Waals surface area contributed by atoms with Crippen molar-refractivity contribution in [3.63, 3.8) is 0 Å². The summed E-state index contributed by atoms with van der Waals surface area (Å²) < 4.78 is 37.3. The van der Waals surface area contributed by atoms with Crippen LogP contribution in [0.1, 0.15) is 43.2 Å². The lowest BCUT2D eigenvalue weighted by Crippen LogP contribution is -2.31. The van der Waals surface area contributed by atoms with E-state index in [9.17, 15) is 14.0 Å². The van der Waals surface area contributed by atoms with Gasteiger partial charge in [0.25, 0.3) is 0 Å². The second-order valence-electron chi connectivity index (χ2n) is 8.06. The van der Waals surface area contributed by atoms with Gasteiger partial charge in [-0.3, -0.25) is 4.79 Å². The molecule has 0 radical (unpaired) electrons. The van der Waals surface area contributed by atoms with E-state index in [0.717, 1.165) is 0 Å². The molecule has 1 heterocycles. The number of hydrogen-bond acceptors (Lipinski definition) is 7. The van der Waals surface area contributed by atoms with Crippen LogP contribution in [0.3, 0.4) is 0 Å². The molecular weight excluding hydrogens is 568 g/mol. The molecule has 35 heavy (non-hydrogen) atoms. The molecule has 4 rings (SSSR count). The molecule has 0 bridgehead atoms. The summed E-state index contributed by atoms with van der Waals surface area (Å²) in [5, 5.41) is 0. The van der Waals surface area contributed by atoms with Crippen LogP contribution in [0, 0.1) is 9.39 Å². The summed E-state index contributed by atoms with van der Waals surface area (Å²) in [6.07, 6.45) is 1.55. The van der Waals surface area contributed by atoms with E-state index in [4.69, 9.17) is 24.7 Å². The number of halogens is 2. The molecule has 2 aromatic carbocycles. The second-order valence-corrected chi connectivity index (χ2v) is 9.22. The van der Waals surface area contributed by atoms with Crippen molar-refractivity contribution >= 4 is 34.3 Å². The molecule has 1 aliphatic carbocycles. The van der Waals surface area contributed by atoms with Gasteiger partial charge in [0, 0.05) is 24.0 Å². The highest BCUT2D eigenvalue weighted by atomic mass is 127. The zero-order chi connectivity index (χ0) is 25.1. The number of methoxy groups -OCH3 is 1. The van der Waals surface area contributed by atoms with Crippen molar-refractivity contribution in [3.8, 4) is 11.5 Å². The average molecular weight is 593 g/mol. The predicted molar refractivity (Wildman–Crippen MR) is 134 cm³/mol. The molecule has 184 valence electrons. The number of allylic oxidation sites excluding steroid dienone is 2. The van der Waals surface area contributed by atoms with Crippen LogP contribution in [0.15, 0.2) is 59.2 Å². The van der Waals surface area contributed by atoms with Gasteiger partial charge in [0.2, 0.25) is 5.88 Å². The third-order valence-electron chi connectivity index (χ3n) is 5.88. The zero-order valence-corrected chi connectivity index (χ0v) is 21.5.